The number of nitrogens with one attached hydrogen (secondary N) is 2. The number of rotatable bonds is 6. The third-order valence-electron chi connectivity index (χ3n) is 3.42. The molecule has 5 heteroatoms. The maximum atomic E-state index is 11.7. The molecule has 2 unspecified atom stereocenters. The Bertz CT molecular complexity index is 305. The summed E-state index contributed by atoms with van der Waals surface area (Å²) < 4.78 is 0. The average molecular weight is 269 g/mol. The molecule has 0 bridgehead atoms. The molecule has 0 aliphatic heterocycles. The molecule has 5 nitrogen and oxygen atoms in total. The lowest BCUT2D eigenvalue weighted by molar-refractivity contribution is -0.123. The van der Waals surface area contributed by atoms with Crippen LogP contribution < -0.4 is 16.4 Å². The molecule has 1 rings (SSSR count). The lowest BCUT2D eigenvalue weighted by Gasteiger charge is -2.26. The van der Waals surface area contributed by atoms with Gasteiger partial charge in [0.25, 0.3) is 0 Å². The van der Waals surface area contributed by atoms with Crippen LogP contribution in [0, 0.1) is 5.92 Å². The summed E-state index contributed by atoms with van der Waals surface area (Å²) in [7, 11) is 0. The fourth-order valence-electron chi connectivity index (χ4n) is 2.56. The van der Waals surface area contributed by atoms with Gasteiger partial charge in [0, 0.05) is 31.5 Å². The Kier molecular flexibility index (Phi) is 6.84. The molecule has 2 amide bonds. The molecule has 4 N–H and O–H groups in total. The summed E-state index contributed by atoms with van der Waals surface area (Å²) >= 11 is 0. The van der Waals surface area contributed by atoms with E-state index in [9.17, 15) is 9.59 Å². The topological polar surface area (TPSA) is 84.2 Å². The minimum atomic E-state index is -0.0185. The van der Waals surface area contributed by atoms with Gasteiger partial charge in [-0.05, 0) is 39.0 Å². The molecular formula is C14H27N3O2. The molecule has 0 spiro atoms. The van der Waals surface area contributed by atoms with E-state index in [4.69, 9.17) is 5.73 Å². The van der Waals surface area contributed by atoms with E-state index in [2.05, 4.69) is 10.6 Å². The van der Waals surface area contributed by atoms with Crippen molar-refractivity contribution >= 4 is 11.8 Å². The SMILES string of the molecule is CC(C)NC(=O)CCNC(=O)CC1CCCC(N)C1. The Labute approximate surface area is 115 Å². The molecular weight excluding hydrogens is 242 g/mol. The monoisotopic (exact) mass is 269 g/mol. The van der Waals surface area contributed by atoms with Crippen LogP contribution in [0.5, 0.6) is 0 Å². The molecule has 1 saturated carbocycles. The third kappa shape index (κ3) is 7.15. The largest absolute Gasteiger partial charge is 0.356 e. The number of amides is 2. The maximum Gasteiger partial charge on any atom is 0.221 e. The second kappa shape index (κ2) is 8.15. The van der Waals surface area contributed by atoms with E-state index in [1.807, 2.05) is 13.8 Å². The minimum Gasteiger partial charge on any atom is -0.356 e. The van der Waals surface area contributed by atoms with Crippen LogP contribution in [0.4, 0.5) is 0 Å². The van der Waals surface area contributed by atoms with Gasteiger partial charge in [-0.25, -0.2) is 0 Å². The first-order valence-electron chi connectivity index (χ1n) is 7.29. The van der Waals surface area contributed by atoms with E-state index in [0.717, 1.165) is 25.7 Å². The summed E-state index contributed by atoms with van der Waals surface area (Å²) in [6.45, 7) is 4.25. The number of hydrogen-bond donors (Lipinski definition) is 3. The van der Waals surface area contributed by atoms with Crippen LogP contribution in [0.3, 0.4) is 0 Å². The zero-order valence-electron chi connectivity index (χ0n) is 12.1. The molecule has 0 heterocycles. The van der Waals surface area contributed by atoms with Crippen LogP contribution in [0.1, 0.15) is 52.4 Å². The fraction of sp³-hybridized carbons (Fsp3) is 0.857. The van der Waals surface area contributed by atoms with Crippen LogP contribution in [0.25, 0.3) is 0 Å². The van der Waals surface area contributed by atoms with Gasteiger partial charge >= 0.3 is 0 Å². The molecule has 0 aromatic carbocycles. The van der Waals surface area contributed by atoms with Crippen molar-refractivity contribution < 1.29 is 9.59 Å². The first kappa shape index (κ1) is 16.0. The van der Waals surface area contributed by atoms with E-state index in [1.54, 1.807) is 0 Å². The third-order valence-corrected chi connectivity index (χ3v) is 3.42. The van der Waals surface area contributed by atoms with Crippen molar-refractivity contribution in [1.82, 2.24) is 10.6 Å². The predicted octanol–water partition coefficient (Wildman–Crippen LogP) is 0.925. The van der Waals surface area contributed by atoms with Crippen molar-refractivity contribution in [3.05, 3.63) is 0 Å². The maximum absolute atomic E-state index is 11.7. The summed E-state index contributed by atoms with van der Waals surface area (Å²) in [5.74, 6) is 0.430. The zero-order chi connectivity index (χ0) is 14.3. The van der Waals surface area contributed by atoms with Gasteiger partial charge in [-0.15, -0.1) is 0 Å². The van der Waals surface area contributed by atoms with Gasteiger partial charge < -0.3 is 16.4 Å². The zero-order valence-corrected chi connectivity index (χ0v) is 12.1. The summed E-state index contributed by atoms with van der Waals surface area (Å²) in [6.07, 6.45) is 5.12. The quantitative estimate of drug-likeness (QED) is 0.670. The van der Waals surface area contributed by atoms with Crippen LogP contribution in [0.15, 0.2) is 0 Å². The first-order chi connectivity index (χ1) is 8.97. The molecule has 0 aromatic heterocycles. The van der Waals surface area contributed by atoms with E-state index in [0.29, 0.717) is 25.3 Å². The molecule has 1 aliphatic rings. The molecule has 1 fully saturated rings. The van der Waals surface area contributed by atoms with Crippen molar-refractivity contribution in [2.24, 2.45) is 11.7 Å². The molecule has 0 aromatic rings. The van der Waals surface area contributed by atoms with E-state index >= 15 is 0 Å². The van der Waals surface area contributed by atoms with Crippen molar-refractivity contribution in [3.8, 4) is 0 Å². The Hall–Kier alpha value is -1.10. The van der Waals surface area contributed by atoms with Gasteiger partial charge in [0.15, 0.2) is 0 Å². The molecule has 2 atom stereocenters. The summed E-state index contributed by atoms with van der Waals surface area (Å²) in [6, 6.07) is 0.398. The second-order valence-electron chi connectivity index (χ2n) is 5.82. The average Bonchev–Trinajstić information content (AvgIpc) is 2.27. The highest BCUT2D eigenvalue weighted by Gasteiger charge is 2.21. The van der Waals surface area contributed by atoms with E-state index in [1.165, 1.54) is 0 Å². The highest BCUT2D eigenvalue weighted by atomic mass is 16.2. The Balaban J connectivity index is 2.12. The van der Waals surface area contributed by atoms with E-state index in [-0.39, 0.29) is 23.9 Å². The normalized spacial score (nSPS) is 23.2. The summed E-state index contributed by atoms with van der Waals surface area (Å²) in [5.41, 5.74) is 5.90. The Morgan fingerprint density at radius 1 is 1.26 bits per heavy atom. The van der Waals surface area contributed by atoms with Crippen LogP contribution in [-0.4, -0.2) is 30.4 Å². The lowest BCUT2D eigenvalue weighted by Crippen LogP contribution is -2.35. The number of nitrogens with two attached hydrogens (primary N) is 1. The Morgan fingerprint density at radius 2 is 2.00 bits per heavy atom. The molecule has 19 heavy (non-hydrogen) atoms. The van der Waals surface area contributed by atoms with Gasteiger partial charge in [0.1, 0.15) is 0 Å². The summed E-state index contributed by atoms with van der Waals surface area (Å²) in [5, 5.41) is 5.61. The van der Waals surface area contributed by atoms with Gasteiger partial charge in [0.2, 0.25) is 11.8 Å². The van der Waals surface area contributed by atoms with Crippen molar-refractivity contribution in [2.75, 3.05) is 6.54 Å². The minimum absolute atomic E-state index is 0.0185. The Morgan fingerprint density at radius 3 is 2.63 bits per heavy atom. The standard InChI is InChI=1S/C14H27N3O2/c1-10(2)17-13(18)6-7-16-14(19)9-11-4-3-5-12(15)8-11/h10-12H,3-9,15H2,1-2H3,(H,16,19)(H,17,18). The lowest BCUT2D eigenvalue weighted by atomic mass is 9.84. The second-order valence-corrected chi connectivity index (χ2v) is 5.82. The highest BCUT2D eigenvalue weighted by molar-refractivity contribution is 5.79. The van der Waals surface area contributed by atoms with Crippen molar-refractivity contribution in [2.45, 2.75) is 64.5 Å². The highest BCUT2D eigenvalue weighted by Crippen LogP contribution is 2.25. The van der Waals surface area contributed by atoms with Crippen molar-refractivity contribution in [1.29, 1.82) is 0 Å². The van der Waals surface area contributed by atoms with Gasteiger partial charge in [-0.3, -0.25) is 9.59 Å². The molecule has 0 saturated heterocycles. The van der Waals surface area contributed by atoms with Gasteiger partial charge in [-0.1, -0.05) is 6.42 Å². The van der Waals surface area contributed by atoms with E-state index < -0.39 is 0 Å². The van der Waals surface area contributed by atoms with Crippen LogP contribution in [0.2, 0.25) is 0 Å². The number of carbonyl (C=O) groups is 2. The van der Waals surface area contributed by atoms with Crippen LogP contribution >= 0.6 is 0 Å². The van der Waals surface area contributed by atoms with Crippen molar-refractivity contribution in [3.63, 3.8) is 0 Å². The van der Waals surface area contributed by atoms with Gasteiger partial charge in [-0.2, -0.15) is 0 Å². The van der Waals surface area contributed by atoms with Crippen LogP contribution in [-0.2, 0) is 9.59 Å². The molecule has 110 valence electrons. The molecule has 0 radical (unpaired) electrons. The van der Waals surface area contributed by atoms with Gasteiger partial charge in [0.05, 0.1) is 0 Å². The first-order valence-corrected chi connectivity index (χ1v) is 7.29. The smallest absolute Gasteiger partial charge is 0.221 e. The molecule has 1 aliphatic carbocycles. The number of carbonyl (C=O) groups excluding carboxylic acids is 2. The summed E-state index contributed by atoms with van der Waals surface area (Å²) in [4.78, 5) is 23.1. The fourth-order valence-corrected chi connectivity index (χ4v) is 2.56. The predicted molar refractivity (Wildman–Crippen MR) is 75.5 cm³/mol. The number of hydrogen-bond acceptors (Lipinski definition) is 3.